The SMILES string of the molecule is CNC(=O)c1noc(-c2cn(C3CNC3)nn2)n1. The first-order valence-electron chi connectivity index (χ1n) is 5.46. The van der Waals surface area contributed by atoms with Crippen molar-refractivity contribution in [1.82, 2.24) is 35.8 Å². The smallest absolute Gasteiger partial charge is 0.292 e. The van der Waals surface area contributed by atoms with E-state index in [0.717, 1.165) is 13.1 Å². The Hall–Kier alpha value is -2.29. The Morgan fingerprint density at radius 1 is 1.61 bits per heavy atom. The van der Waals surface area contributed by atoms with Crippen molar-refractivity contribution in [3.05, 3.63) is 12.0 Å². The van der Waals surface area contributed by atoms with Crippen LogP contribution in [0.1, 0.15) is 16.7 Å². The lowest BCUT2D eigenvalue weighted by atomic mass is 10.2. The fourth-order valence-electron chi connectivity index (χ4n) is 1.55. The van der Waals surface area contributed by atoms with Gasteiger partial charge in [-0.1, -0.05) is 10.4 Å². The van der Waals surface area contributed by atoms with E-state index < -0.39 is 5.91 Å². The van der Waals surface area contributed by atoms with Gasteiger partial charge in [0.2, 0.25) is 0 Å². The number of amides is 1. The summed E-state index contributed by atoms with van der Waals surface area (Å²) in [6.45, 7) is 1.74. The molecule has 0 radical (unpaired) electrons. The molecule has 18 heavy (non-hydrogen) atoms. The van der Waals surface area contributed by atoms with Crippen LogP contribution in [0.4, 0.5) is 0 Å². The van der Waals surface area contributed by atoms with E-state index in [9.17, 15) is 4.79 Å². The molecule has 0 spiro atoms. The van der Waals surface area contributed by atoms with Crippen molar-refractivity contribution in [2.24, 2.45) is 0 Å². The summed E-state index contributed by atoms with van der Waals surface area (Å²) in [7, 11) is 1.50. The average molecular weight is 249 g/mol. The van der Waals surface area contributed by atoms with Gasteiger partial charge in [0.05, 0.1) is 12.2 Å². The number of hydrogen-bond acceptors (Lipinski definition) is 7. The Morgan fingerprint density at radius 2 is 2.44 bits per heavy atom. The first-order valence-corrected chi connectivity index (χ1v) is 5.46. The van der Waals surface area contributed by atoms with Gasteiger partial charge < -0.3 is 15.2 Å². The molecule has 2 N–H and O–H groups in total. The number of nitrogens with one attached hydrogen (secondary N) is 2. The van der Waals surface area contributed by atoms with Crippen LogP contribution in [0.2, 0.25) is 0 Å². The summed E-state index contributed by atoms with van der Waals surface area (Å²) < 4.78 is 6.71. The molecule has 0 unspecified atom stereocenters. The van der Waals surface area contributed by atoms with Crippen molar-refractivity contribution < 1.29 is 9.32 Å². The van der Waals surface area contributed by atoms with E-state index >= 15 is 0 Å². The van der Waals surface area contributed by atoms with Crippen LogP contribution >= 0.6 is 0 Å². The fourth-order valence-corrected chi connectivity index (χ4v) is 1.55. The highest BCUT2D eigenvalue weighted by Crippen LogP contribution is 2.16. The first kappa shape index (κ1) is 10.8. The van der Waals surface area contributed by atoms with Crippen LogP contribution in [-0.4, -0.2) is 51.2 Å². The first-order chi connectivity index (χ1) is 8.78. The molecule has 3 heterocycles. The number of nitrogens with zero attached hydrogens (tertiary/aromatic N) is 5. The van der Waals surface area contributed by atoms with E-state index in [1.807, 2.05) is 0 Å². The van der Waals surface area contributed by atoms with E-state index in [4.69, 9.17) is 4.52 Å². The zero-order chi connectivity index (χ0) is 12.5. The second kappa shape index (κ2) is 4.18. The molecule has 1 aliphatic heterocycles. The van der Waals surface area contributed by atoms with Gasteiger partial charge in [-0.15, -0.1) is 5.10 Å². The number of carbonyl (C=O) groups is 1. The van der Waals surface area contributed by atoms with Crippen molar-refractivity contribution in [2.75, 3.05) is 20.1 Å². The number of rotatable bonds is 3. The van der Waals surface area contributed by atoms with Crippen molar-refractivity contribution >= 4 is 5.91 Å². The molecular formula is C9H11N7O2. The zero-order valence-corrected chi connectivity index (χ0v) is 9.62. The van der Waals surface area contributed by atoms with Crippen LogP contribution < -0.4 is 10.6 Å². The molecular weight excluding hydrogens is 238 g/mol. The Morgan fingerprint density at radius 3 is 3.11 bits per heavy atom. The maximum Gasteiger partial charge on any atom is 0.292 e. The third kappa shape index (κ3) is 1.74. The van der Waals surface area contributed by atoms with Crippen molar-refractivity contribution in [1.29, 1.82) is 0 Å². The second-order valence-corrected chi connectivity index (χ2v) is 3.90. The Kier molecular flexibility index (Phi) is 2.52. The van der Waals surface area contributed by atoms with Gasteiger partial charge in [-0.05, 0) is 0 Å². The van der Waals surface area contributed by atoms with Gasteiger partial charge in [0, 0.05) is 20.1 Å². The molecule has 1 aliphatic rings. The maximum atomic E-state index is 11.3. The summed E-state index contributed by atoms with van der Waals surface area (Å²) >= 11 is 0. The molecule has 1 fully saturated rings. The maximum absolute atomic E-state index is 11.3. The van der Waals surface area contributed by atoms with Crippen LogP contribution in [0, 0.1) is 0 Å². The van der Waals surface area contributed by atoms with Crippen LogP contribution in [-0.2, 0) is 0 Å². The molecule has 3 rings (SSSR count). The third-order valence-electron chi connectivity index (χ3n) is 2.72. The van der Waals surface area contributed by atoms with E-state index in [-0.39, 0.29) is 11.7 Å². The average Bonchev–Trinajstić information content (AvgIpc) is 2.93. The van der Waals surface area contributed by atoms with Crippen molar-refractivity contribution in [2.45, 2.75) is 6.04 Å². The van der Waals surface area contributed by atoms with Gasteiger partial charge in [-0.2, -0.15) is 4.98 Å². The van der Waals surface area contributed by atoms with Crippen molar-refractivity contribution in [3.63, 3.8) is 0 Å². The van der Waals surface area contributed by atoms with Gasteiger partial charge in [0.15, 0.2) is 5.69 Å². The molecule has 9 nitrogen and oxygen atoms in total. The van der Waals surface area contributed by atoms with Crippen molar-refractivity contribution in [3.8, 4) is 11.6 Å². The quantitative estimate of drug-likeness (QED) is 0.705. The van der Waals surface area contributed by atoms with Gasteiger partial charge in [0.25, 0.3) is 17.6 Å². The highest BCUT2D eigenvalue weighted by atomic mass is 16.5. The summed E-state index contributed by atoms with van der Waals surface area (Å²) in [5.74, 6) is -0.236. The molecule has 2 aromatic rings. The third-order valence-corrected chi connectivity index (χ3v) is 2.72. The molecule has 0 atom stereocenters. The highest BCUT2D eigenvalue weighted by molar-refractivity contribution is 5.90. The molecule has 0 saturated carbocycles. The lowest BCUT2D eigenvalue weighted by Crippen LogP contribution is -2.43. The monoisotopic (exact) mass is 249 g/mol. The Balaban J connectivity index is 1.83. The second-order valence-electron chi connectivity index (χ2n) is 3.90. The van der Waals surface area contributed by atoms with Crippen LogP contribution in [0.5, 0.6) is 0 Å². The van der Waals surface area contributed by atoms with E-state index in [2.05, 4.69) is 31.1 Å². The predicted molar refractivity (Wildman–Crippen MR) is 58.6 cm³/mol. The topological polar surface area (TPSA) is 111 Å². The summed E-state index contributed by atoms with van der Waals surface area (Å²) in [5, 5.41) is 17.1. The fraction of sp³-hybridized carbons (Fsp3) is 0.444. The van der Waals surface area contributed by atoms with Crippen LogP contribution in [0.25, 0.3) is 11.6 Å². The van der Waals surface area contributed by atoms with Gasteiger partial charge >= 0.3 is 0 Å². The molecule has 1 saturated heterocycles. The van der Waals surface area contributed by atoms with Gasteiger partial charge in [-0.3, -0.25) is 4.79 Å². The van der Waals surface area contributed by atoms with Gasteiger partial charge in [0.1, 0.15) is 0 Å². The largest absolute Gasteiger partial charge is 0.352 e. The Bertz CT molecular complexity index is 571. The minimum absolute atomic E-state index is 0.0210. The molecule has 0 aliphatic carbocycles. The summed E-state index contributed by atoms with van der Waals surface area (Å²) in [5.41, 5.74) is 0.463. The lowest BCUT2D eigenvalue weighted by molar-refractivity contribution is 0.0950. The predicted octanol–water partition coefficient (Wildman–Crippen LogP) is -1.17. The summed E-state index contributed by atoms with van der Waals surface area (Å²) in [4.78, 5) is 15.2. The molecule has 0 aromatic carbocycles. The summed E-state index contributed by atoms with van der Waals surface area (Å²) in [6, 6.07) is 0.313. The minimum Gasteiger partial charge on any atom is -0.352 e. The van der Waals surface area contributed by atoms with E-state index in [1.54, 1.807) is 10.9 Å². The van der Waals surface area contributed by atoms with Crippen LogP contribution in [0.3, 0.4) is 0 Å². The number of hydrogen-bond donors (Lipinski definition) is 2. The lowest BCUT2D eigenvalue weighted by Gasteiger charge is -2.26. The zero-order valence-electron chi connectivity index (χ0n) is 9.62. The highest BCUT2D eigenvalue weighted by Gasteiger charge is 2.22. The van der Waals surface area contributed by atoms with E-state index in [1.165, 1.54) is 7.05 Å². The molecule has 2 aromatic heterocycles. The van der Waals surface area contributed by atoms with E-state index in [0.29, 0.717) is 11.7 Å². The van der Waals surface area contributed by atoms with Crippen LogP contribution in [0.15, 0.2) is 10.7 Å². The standard InChI is InChI=1S/C9H11N7O2/c1-10-8(17)7-12-9(18-14-7)6-4-16(15-13-6)5-2-11-3-5/h4-5,11H,2-3H2,1H3,(H,10,17). The Labute approximate surface area is 102 Å². The molecule has 9 heteroatoms. The normalized spacial score (nSPS) is 15.4. The number of carbonyl (C=O) groups excluding carboxylic acids is 1. The minimum atomic E-state index is -0.402. The molecule has 94 valence electrons. The molecule has 0 bridgehead atoms. The summed E-state index contributed by atoms with van der Waals surface area (Å²) in [6.07, 6.45) is 1.73. The number of aromatic nitrogens is 5. The van der Waals surface area contributed by atoms with Gasteiger partial charge in [-0.25, -0.2) is 4.68 Å². The molecule has 1 amide bonds.